The lowest BCUT2D eigenvalue weighted by Crippen LogP contribution is -2.39. The van der Waals surface area contributed by atoms with Gasteiger partial charge in [0.15, 0.2) is 0 Å². The van der Waals surface area contributed by atoms with Gasteiger partial charge in [-0.2, -0.15) is 0 Å². The fourth-order valence-electron chi connectivity index (χ4n) is 2.97. The van der Waals surface area contributed by atoms with E-state index in [-0.39, 0.29) is 6.10 Å². The summed E-state index contributed by atoms with van der Waals surface area (Å²) in [6.07, 6.45) is 3.63. The summed E-state index contributed by atoms with van der Waals surface area (Å²) in [6.45, 7) is 11.0. The van der Waals surface area contributed by atoms with Crippen molar-refractivity contribution in [3.8, 4) is 0 Å². The summed E-state index contributed by atoms with van der Waals surface area (Å²) in [4.78, 5) is 0. The minimum Gasteiger partial charge on any atom is -0.372 e. The average Bonchev–Trinajstić information content (AvgIpc) is 2.42. The Morgan fingerprint density at radius 2 is 2.05 bits per heavy atom. The largest absolute Gasteiger partial charge is 0.372 e. The summed E-state index contributed by atoms with van der Waals surface area (Å²) in [5, 5.41) is 3.64. The Balaban J connectivity index is 2.13. The maximum absolute atomic E-state index is 6.12. The van der Waals surface area contributed by atoms with Gasteiger partial charge in [-0.25, -0.2) is 0 Å². The van der Waals surface area contributed by atoms with Crippen LogP contribution in [-0.2, 0) is 11.2 Å². The van der Waals surface area contributed by atoms with Crippen molar-refractivity contribution in [2.75, 3.05) is 13.2 Å². The molecule has 0 spiro atoms. The molecule has 1 aromatic carbocycles. The van der Waals surface area contributed by atoms with E-state index in [2.05, 4.69) is 57.3 Å². The standard InChI is InChI=1S/C18H29NO/c1-5-19-16(10-12-18(2,3)4)17-15-9-7-6-8-14(15)11-13-20-17/h6-9,16-17,19H,5,10-13H2,1-4H3. The van der Waals surface area contributed by atoms with Crippen molar-refractivity contribution in [3.05, 3.63) is 35.4 Å². The number of hydrogen-bond acceptors (Lipinski definition) is 2. The second kappa shape index (κ2) is 6.73. The van der Waals surface area contributed by atoms with E-state index in [0.29, 0.717) is 11.5 Å². The van der Waals surface area contributed by atoms with Crippen molar-refractivity contribution in [3.63, 3.8) is 0 Å². The Hall–Kier alpha value is -0.860. The van der Waals surface area contributed by atoms with E-state index in [1.54, 1.807) is 0 Å². The first-order valence-electron chi connectivity index (χ1n) is 7.94. The molecule has 2 unspecified atom stereocenters. The molecule has 1 aliphatic rings. The van der Waals surface area contributed by atoms with E-state index in [4.69, 9.17) is 4.74 Å². The Kier molecular flexibility index (Phi) is 5.22. The van der Waals surface area contributed by atoms with Crippen LogP contribution in [0.4, 0.5) is 0 Å². The molecule has 0 fully saturated rings. The summed E-state index contributed by atoms with van der Waals surface area (Å²) in [5.41, 5.74) is 3.23. The normalized spacial score (nSPS) is 20.5. The lowest BCUT2D eigenvalue weighted by Gasteiger charge is -2.34. The second-order valence-electron chi connectivity index (χ2n) is 7.00. The van der Waals surface area contributed by atoms with Crippen LogP contribution in [0.1, 0.15) is 57.8 Å². The van der Waals surface area contributed by atoms with Gasteiger partial charge in [0.1, 0.15) is 0 Å². The third kappa shape index (κ3) is 4.07. The highest BCUT2D eigenvalue weighted by atomic mass is 16.5. The lowest BCUT2D eigenvalue weighted by atomic mass is 9.85. The van der Waals surface area contributed by atoms with Crippen molar-refractivity contribution in [1.82, 2.24) is 5.32 Å². The summed E-state index contributed by atoms with van der Waals surface area (Å²) >= 11 is 0. The van der Waals surface area contributed by atoms with Crippen molar-refractivity contribution < 1.29 is 4.74 Å². The third-order valence-corrected chi connectivity index (χ3v) is 4.07. The van der Waals surface area contributed by atoms with E-state index in [0.717, 1.165) is 26.0 Å². The highest BCUT2D eigenvalue weighted by Gasteiger charge is 2.29. The number of likely N-dealkylation sites (N-methyl/N-ethyl adjacent to an activating group) is 1. The molecule has 0 aliphatic carbocycles. The van der Waals surface area contributed by atoms with E-state index in [1.807, 2.05) is 0 Å². The highest BCUT2D eigenvalue weighted by molar-refractivity contribution is 5.31. The molecule has 0 saturated carbocycles. The average molecular weight is 275 g/mol. The van der Waals surface area contributed by atoms with Gasteiger partial charge in [-0.05, 0) is 42.3 Å². The molecule has 20 heavy (non-hydrogen) atoms. The SMILES string of the molecule is CCNC(CCC(C)(C)C)C1OCCc2ccccc21. The quantitative estimate of drug-likeness (QED) is 0.873. The molecular formula is C18H29NO. The number of ether oxygens (including phenoxy) is 1. The number of nitrogens with one attached hydrogen (secondary N) is 1. The summed E-state index contributed by atoms with van der Waals surface area (Å²) in [5.74, 6) is 0. The topological polar surface area (TPSA) is 21.3 Å². The predicted molar refractivity (Wildman–Crippen MR) is 85.0 cm³/mol. The van der Waals surface area contributed by atoms with E-state index >= 15 is 0 Å². The molecule has 0 amide bonds. The molecule has 2 atom stereocenters. The zero-order chi connectivity index (χ0) is 14.6. The maximum Gasteiger partial charge on any atom is 0.0980 e. The van der Waals surface area contributed by atoms with Crippen LogP contribution >= 0.6 is 0 Å². The van der Waals surface area contributed by atoms with Gasteiger partial charge in [-0.1, -0.05) is 52.0 Å². The minimum atomic E-state index is 0.210. The number of fused-ring (bicyclic) bond motifs is 1. The molecule has 112 valence electrons. The van der Waals surface area contributed by atoms with E-state index in [9.17, 15) is 0 Å². The van der Waals surface area contributed by atoms with Gasteiger partial charge in [0.05, 0.1) is 12.7 Å². The molecule has 1 N–H and O–H groups in total. The van der Waals surface area contributed by atoms with Gasteiger partial charge >= 0.3 is 0 Å². The van der Waals surface area contributed by atoms with Crippen LogP contribution in [-0.4, -0.2) is 19.2 Å². The summed E-state index contributed by atoms with van der Waals surface area (Å²) in [6, 6.07) is 9.17. The van der Waals surface area contributed by atoms with E-state index in [1.165, 1.54) is 17.5 Å². The van der Waals surface area contributed by atoms with Gasteiger partial charge in [-0.3, -0.25) is 0 Å². The summed E-state index contributed by atoms with van der Waals surface area (Å²) in [7, 11) is 0. The Labute approximate surface area is 123 Å². The molecule has 0 radical (unpaired) electrons. The molecular weight excluding hydrogens is 246 g/mol. The predicted octanol–water partition coefficient (Wildman–Crippen LogP) is 4.10. The zero-order valence-electron chi connectivity index (χ0n) is 13.4. The van der Waals surface area contributed by atoms with Crippen LogP contribution in [0.15, 0.2) is 24.3 Å². The zero-order valence-corrected chi connectivity index (χ0v) is 13.4. The van der Waals surface area contributed by atoms with Crippen LogP contribution in [0.5, 0.6) is 0 Å². The Morgan fingerprint density at radius 3 is 2.75 bits per heavy atom. The van der Waals surface area contributed by atoms with Gasteiger partial charge in [-0.15, -0.1) is 0 Å². The molecule has 2 nitrogen and oxygen atoms in total. The Morgan fingerprint density at radius 1 is 1.30 bits per heavy atom. The molecule has 2 rings (SSSR count). The van der Waals surface area contributed by atoms with Gasteiger partial charge in [0.2, 0.25) is 0 Å². The van der Waals surface area contributed by atoms with Gasteiger partial charge < -0.3 is 10.1 Å². The molecule has 1 heterocycles. The molecule has 0 bridgehead atoms. The van der Waals surface area contributed by atoms with Gasteiger partial charge in [0.25, 0.3) is 0 Å². The number of rotatable bonds is 5. The van der Waals surface area contributed by atoms with E-state index < -0.39 is 0 Å². The van der Waals surface area contributed by atoms with Crippen molar-refractivity contribution in [2.24, 2.45) is 5.41 Å². The first-order chi connectivity index (χ1) is 9.51. The number of benzene rings is 1. The third-order valence-electron chi connectivity index (χ3n) is 4.07. The lowest BCUT2D eigenvalue weighted by molar-refractivity contribution is 0.0112. The first-order valence-corrected chi connectivity index (χ1v) is 7.94. The fourth-order valence-corrected chi connectivity index (χ4v) is 2.97. The maximum atomic E-state index is 6.12. The van der Waals surface area contributed by atoms with Crippen molar-refractivity contribution in [2.45, 2.75) is 59.1 Å². The van der Waals surface area contributed by atoms with Crippen molar-refractivity contribution in [1.29, 1.82) is 0 Å². The smallest absolute Gasteiger partial charge is 0.0980 e. The first kappa shape index (κ1) is 15.5. The van der Waals surface area contributed by atoms with Crippen LogP contribution < -0.4 is 5.32 Å². The molecule has 0 saturated heterocycles. The summed E-state index contributed by atoms with van der Waals surface area (Å²) < 4.78 is 6.12. The van der Waals surface area contributed by atoms with Crippen LogP contribution in [0.2, 0.25) is 0 Å². The van der Waals surface area contributed by atoms with Crippen LogP contribution in [0, 0.1) is 5.41 Å². The second-order valence-corrected chi connectivity index (χ2v) is 7.00. The fraction of sp³-hybridized carbons (Fsp3) is 0.667. The number of hydrogen-bond donors (Lipinski definition) is 1. The van der Waals surface area contributed by atoms with Crippen LogP contribution in [0.3, 0.4) is 0 Å². The highest BCUT2D eigenvalue weighted by Crippen LogP contribution is 2.33. The monoisotopic (exact) mass is 275 g/mol. The Bertz CT molecular complexity index is 422. The minimum absolute atomic E-state index is 0.210. The molecule has 1 aliphatic heterocycles. The molecule has 1 aromatic rings. The molecule has 2 heteroatoms. The molecule has 0 aromatic heterocycles. The van der Waals surface area contributed by atoms with Crippen molar-refractivity contribution >= 4 is 0 Å². The van der Waals surface area contributed by atoms with Crippen LogP contribution in [0.25, 0.3) is 0 Å². The van der Waals surface area contributed by atoms with Gasteiger partial charge in [0, 0.05) is 6.04 Å².